The van der Waals surface area contributed by atoms with Gasteiger partial charge in [-0.25, -0.2) is 14.6 Å². The normalized spacial score (nSPS) is 17.4. The van der Waals surface area contributed by atoms with E-state index in [-0.39, 0.29) is 12.1 Å². The first-order chi connectivity index (χ1) is 12.3. The maximum atomic E-state index is 12.4. The Labute approximate surface area is 154 Å². The molecule has 1 saturated heterocycles. The minimum atomic E-state index is -0.543. The van der Waals surface area contributed by atoms with Gasteiger partial charge < -0.3 is 25.0 Å². The highest BCUT2D eigenvalue weighted by Crippen LogP contribution is 2.15. The van der Waals surface area contributed by atoms with E-state index in [9.17, 15) is 9.59 Å². The average Bonchev–Trinajstić information content (AvgIpc) is 2.58. The Bertz CT molecular complexity index is 630. The lowest BCUT2D eigenvalue weighted by atomic mass is 10.1. The van der Waals surface area contributed by atoms with E-state index in [2.05, 4.69) is 15.6 Å². The first-order valence-corrected chi connectivity index (χ1v) is 8.78. The van der Waals surface area contributed by atoms with Gasteiger partial charge in [-0.05, 0) is 39.7 Å². The lowest BCUT2D eigenvalue weighted by Gasteiger charge is -2.33. The van der Waals surface area contributed by atoms with E-state index in [1.807, 2.05) is 26.8 Å². The lowest BCUT2D eigenvalue weighted by molar-refractivity contribution is 0.0479. The molecule has 8 heteroatoms. The fourth-order valence-corrected chi connectivity index (χ4v) is 2.78. The van der Waals surface area contributed by atoms with Crippen molar-refractivity contribution in [2.45, 2.75) is 51.8 Å². The van der Waals surface area contributed by atoms with Crippen LogP contribution in [0.15, 0.2) is 18.3 Å². The van der Waals surface area contributed by atoms with Gasteiger partial charge in [-0.3, -0.25) is 0 Å². The highest BCUT2D eigenvalue weighted by molar-refractivity contribution is 5.74. The molecule has 1 aromatic heterocycles. The molecule has 1 aliphatic rings. The van der Waals surface area contributed by atoms with Crippen LogP contribution in [0, 0.1) is 0 Å². The van der Waals surface area contributed by atoms with Crippen LogP contribution in [-0.4, -0.2) is 53.9 Å². The zero-order chi connectivity index (χ0) is 19.2. The van der Waals surface area contributed by atoms with Crippen LogP contribution in [0.2, 0.25) is 0 Å². The number of amides is 3. The predicted molar refractivity (Wildman–Crippen MR) is 97.0 cm³/mol. The number of rotatable bonds is 4. The van der Waals surface area contributed by atoms with Crippen molar-refractivity contribution in [1.29, 1.82) is 0 Å². The Kier molecular flexibility index (Phi) is 6.65. The molecule has 2 heterocycles. The van der Waals surface area contributed by atoms with E-state index >= 15 is 0 Å². The van der Waals surface area contributed by atoms with Crippen LogP contribution in [0.1, 0.15) is 39.2 Å². The summed E-state index contributed by atoms with van der Waals surface area (Å²) in [6.45, 7) is 6.90. The minimum Gasteiger partial charge on any atom is -0.481 e. The fraction of sp³-hybridized carbons (Fsp3) is 0.611. The molecule has 3 amide bonds. The molecular weight excluding hydrogens is 336 g/mol. The molecule has 1 fully saturated rings. The van der Waals surface area contributed by atoms with Crippen molar-refractivity contribution in [3.05, 3.63) is 23.9 Å². The number of carbonyl (C=O) groups excluding carboxylic acids is 2. The third-order valence-electron chi connectivity index (χ3n) is 3.90. The number of ether oxygens (including phenoxy) is 2. The number of nitrogens with one attached hydrogen (secondary N) is 2. The third kappa shape index (κ3) is 6.09. The Hall–Kier alpha value is -2.51. The molecule has 26 heavy (non-hydrogen) atoms. The van der Waals surface area contributed by atoms with Crippen LogP contribution >= 0.6 is 0 Å². The summed E-state index contributed by atoms with van der Waals surface area (Å²) in [5.74, 6) is 0.496. The number of likely N-dealkylation sites (tertiary alicyclic amines) is 1. The summed E-state index contributed by atoms with van der Waals surface area (Å²) in [5.41, 5.74) is 0.266. The molecule has 0 bridgehead atoms. The Morgan fingerprint density at radius 2 is 2.15 bits per heavy atom. The zero-order valence-corrected chi connectivity index (χ0v) is 15.9. The van der Waals surface area contributed by atoms with Gasteiger partial charge in [-0.2, -0.15) is 0 Å². The van der Waals surface area contributed by atoms with E-state index in [1.54, 1.807) is 24.3 Å². The first kappa shape index (κ1) is 19.8. The van der Waals surface area contributed by atoms with Crippen molar-refractivity contribution in [2.24, 2.45) is 0 Å². The van der Waals surface area contributed by atoms with Gasteiger partial charge in [-0.15, -0.1) is 0 Å². The molecule has 144 valence electrons. The summed E-state index contributed by atoms with van der Waals surface area (Å²) < 4.78 is 10.5. The molecule has 1 aliphatic heterocycles. The first-order valence-electron chi connectivity index (χ1n) is 8.78. The third-order valence-corrected chi connectivity index (χ3v) is 3.90. The van der Waals surface area contributed by atoms with Gasteiger partial charge in [0.05, 0.1) is 7.11 Å². The van der Waals surface area contributed by atoms with Crippen LogP contribution in [0.3, 0.4) is 0 Å². The molecule has 0 aliphatic carbocycles. The maximum Gasteiger partial charge on any atom is 0.407 e. The smallest absolute Gasteiger partial charge is 0.407 e. The Morgan fingerprint density at radius 1 is 1.38 bits per heavy atom. The second-order valence-corrected chi connectivity index (χ2v) is 7.26. The fourth-order valence-electron chi connectivity index (χ4n) is 2.78. The quantitative estimate of drug-likeness (QED) is 0.855. The van der Waals surface area contributed by atoms with E-state index < -0.39 is 11.7 Å². The predicted octanol–water partition coefficient (Wildman–Crippen LogP) is 2.29. The number of alkyl carbamates (subject to hydrolysis) is 1. The summed E-state index contributed by atoms with van der Waals surface area (Å²) in [4.78, 5) is 30.2. The van der Waals surface area contributed by atoms with Crippen LogP contribution < -0.4 is 15.4 Å². The number of aromatic nitrogens is 1. The van der Waals surface area contributed by atoms with E-state index in [1.165, 1.54) is 0 Å². The van der Waals surface area contributed by atoms with Crippen molar-refractivity contribution >= 4 is 12.1 Å². The number of hydrogen-bond donors (Lipinski definition) is 2. The number of urea groups is 1. The van der Waals surface area contributed by atoms with Crippen molar-refractivity contribution in [3.63, 3.8) is 0 Å². The van der Waals surface area contributed by atoms with Gasteiger partial charge in [0.15, 0.2) is 0 Å². The van der Waals surface area contributed by atoms with Crippen LogP contribution in [-0.2, 0) is 11.3 Å². The standard InChI is InChI=1S/C18H28N4O4/c1-18(2,3)26-17(24)21-14-8-6-10-22(12-14)16(23)20-11-13-7-5-9-19-15(13)25-4/h5,7,9,14H,6,8,10-12H2,1-4H3,(H,20,23)(H,21,24)/t14-/m1/s1. The van der Waals surface area contributed by atoms with Gasteiger partial charge in [0.1, 0.15) is 5.60 Å². The molecule has 0 spiro atoms. The van der Waals surface area contributed by atoms with Gasteiger partial charge in [0.25, 0.3) is 0 Å². The Morgan fingerprint density at radius 3 is 2.85 bits per heavy atom. The maximum absolute atomic E-state index is 12.4. The molecule has 0 unspecified atom stereocenters. The lowest BCUT2D eigenvalue weighted by Crippen LogP contribution is -2.52. The van der Waals surface area contributed by atoms with E-state index in [4.69, 9.17) is 9.47 Å². The van der Waals surface area contributed by atoms with Crippen LogP contribution in [0.4, 0.5) is 9.59 Å². The number of carbonyl (C=O) groups is 2. The van der Waals surface area contributed by atoms with Crippen molar-refractivity contribution in [2.75, 3.05) is 20.2 Å². The molecule has 2 rings (SSSR count). The second kappa shape index (κ2) is 8.73. The molecule has 2 N–H and O–H groups in total. The van der Waals surface area contributed by atoms with Crippen LogP contribution in [0.25, 0.3) is 0 Å². The van der Waals surface area contributed by atoms with Gasteiger partial charge in [0, 0.05) is 37.4 Å². The van der Waals surface area contributed by atoms with Crippen molar-refractivity contribution in [3.8, 4) is 5.88 Å². The van der Waals surface area contributed by atoms with Gasteiger partial charge in [0.2, 0.25) is 5.88 Å². The molecular formula is C18H28N4O4. The van der Waals surface area contributed by atoms with Gasteiger partial charge >= 0.3 is 12.1 Å². The van der Waals surface area contributed by atoms with Crippen LogP contribution in [0.5, 0.6) is 5.88 Å². The largest absolute Gasteiger partial charge is 0.481 e. The van der Waals surface area contributed by atoms with Crippen molar-refractivity contribution in [1.82, 2.24) is 20.5 Å². The average molecular weight is 364 g/mol. The SMILES string of the molecule is COc1ncccc1CNC(=O)N1CCC[C@@H](NC(=O)OC(C)(C)C)C1. The summed E-state index contributed by atoms with van der Waals surface area (Å²) in [6, 6.07) is 3.37. The number of methoxy groups -OCH3 is 1. The van der Waals surface area contributed by atoms with E-state index in [0.29, 0.717) is 25.5 Å². The Balaban J connectivity index is 1.84. The summed E-state index contributed by atoms with van der Waals surface area (Å²) >= 11 is 0. The monoisotopic (exact) mass is 364 g/mol. The van der Waals surface area contributed by atoms with Crippen molar-refractivity contribution < 1.29 is 19.1 Å². The molecule has 8 nitrogen and oxygen atoms in total. The topological polar surface area (TPSA) is 92.8 Å². The second-order valence-electron chi connectivity index (χ2n) is 7.26. The molecule has 0 aromatic carbocycles. The number of pyridine rings is 1. The molecule has 1 atom stereocenters. The summed E-state index contributed by atoms with van der Waals surface area (Å²) in [6.07, 6.45) is 2.83. The number of piperidine rings is 1. The summed E-state index contributed by atoms with van der Waals surface area (Å²) in [7, 11) is 1.55. The number of nitrogens with zero attached hydrogens (tertiary/aromatic N) is 2. The molecule has 0 radical (unpaired) electrons. The van der Waals surface area contributed by atoms with Gasteiger partial charge in [-0.1, -0.05) is 6.07 Å². The number of hydrogen-bond acceptors (Lipinski definition) is 5. The highest BCUT2D eigenvalue weighted by Gasteiger charge is 2.26. The van der Waals surface area contributed by atoms with E-state index in [0.717, 1.165) is 18.4 Å². The minimum absolute atomic E-state index is 0.114. The highest BCUT2D eigenvalue weighted by atomic mass is 16.6. The summed E-state index contributed by atoms with van der Waals surface area (Å²) in [5, 5.41) is 5.72. The molecule has 1 aromatic rings. The molecule has 0 saturated carbocycles. The zero-order valence-electron chi connectivity index (χ0n) is 15.9.